The van der Waals surface area contributed by atoms with Gasteiger partial charge < -0.3 is 10.4 Å². The van der Waals surface area contributed by atoms with E-state index < -0.39 is 6.10 Å². The molecule has 1 atom stereocenters. The molecule has 1 unspecified atom stereocenters. The Hall–Kier alpha value is -1.42. The number of aliphatic hydroxyl groups excluding tert-OH is 1. The van der Waals surface area contributed by atoms with Crippen LogP contribution in [0.2, 0.25) is 0 Å². The zero-order valence-electron chi connectivity index (χ0n) is 11.6. The second kappa shape index (κ2) is 7.39. The molecule has 1 fully saturated rings. The minimum absolute atomic E-state index is 0.133. The topological polar surface area (TPSA) is 49.3 Å². The molecule has 1 saturated carbocycles. The van der Waals surface area contributed by atoms with Crippen LogP contribution in [0.4, 0.5) is 4.39 Å². The number of carbonyl (C=O) groups is 1. The molecule has 0 spiro atoms. The summed E-state index contributed by atoms with van der Waals surface area (Å²) in [4.78, 5) is 11.8. The fourth-order valence-corrected chi connectivity index (χ4v) is 2.75. The molecule has 0 radical (unpaired) electrons. The zero-order chi connectivity index (χ0) is 14.4. The van der Waals surface area contributed by atoms with Gasteiger partial charge in [-0.05, 0) is 36.5 Å². The SMILES string of the molecule is O=C(Cc1ccc(F)cc1)NCC(O)C1CCCCC1. The van der Waals surface area contributed by atoms with Crippen LogP contribution in [-0.2, 0) is 11.2 Å². The van der Waals surface area contributed by atoms with Gasteiger partial charge in [-0.2, -0.15) is 0 Å². The predicted molar refractivity (Wildman–Crippen MR) is 75.7 cm³/mol. The minimum Gasteiger partial charge on any atom is -0.391 e. The first kappa shape index (κ1) is 15.0. The fourth-order valence-electron chi connectivity index (χ4n) is 2.75. The lowest BCUT2D eigenvalue weighted by Crippen LogP contribution is -2.37. The molecule has 1 aromatic rings. The lowest BCUT2D eigenvalue weighted by atomic mass is 9.85. The van der Waals surface area contributed by atoms with Crippen LogP contribution in [-0.4, -0.2) is 23.7 Å². The van der Waals surface area contributed by atoms with Gasteiger partial charge in [0, 0.05) is 6.54 Å². The van der Waals surface area contributed by atoms with Gasteiger partial charge in [-0.25, -0.2) is 4.39 Å². The van der Waals surface area contributed by atoms with Crippen molar-refractivity contribution in [2.75, 3.05) is 6.54 Å². The number of benzene rings is 1. The quantitative estimate of drug-likeness (QED) is 0.869. The molecule has 0 aromatic heterocycles. The van der Waals surface area contributed by atoms with E-state index in [1.807, 2.05) is 0 Å². The molecule has 1 aliphatic carbocycles. The van der Waals surface area contributed by atoms with Crippen LogP contribution in [0.15, 0.2) is 24.3 Å². The van der Waals surface area contributed by atoms with Crippen molar-refractivity contribution in [1.82, 2.24) is 5.32 Å². The standard InChI is InChI=1S/C16H22FNO2/c17-14-8-6-12(7-9-14)10-16(20)18-11-15(19)13-4-2-1-3-5-13/h6-9,13,15,19H,1-5,10-11H2,(H,18,20). The van der Waals surface area contributed by atoms with Gasteiger partial charge in [0.1, 0.15) is 5.82 Å². The van der Waals surface area contributed by atoms with E-state index >= 15 is 0 Å². The molecular formula is C16H22FNO2. The highest BCUT2D eigenvalue weighted by atomic mass is 19.1. The molecule has 2 N–H and O–H groups in total. The summed E-state index contributed by atoms with van der Waals surface area (Å²) >= 11 is 0. The Kier molecular flexibility index (Phi) is 5.53. The Balaban J connectivity index is 1.72. The number of halogens is 1. The van der Waals surface area contributed by atoms with Gasteiger partial charge in [0.2, 0.25) is 5.91 Å². The van der Waals surface area contributed by atoms with Crippen LogP contribution in [0.1, 0.15) is 37.7 Å². The number of hydrogen-bond donors (Lipinski definition) is 2. The van der Waals surface area contributed by atoms with Gasteiger partial charge in [-0.1, -0.05) is 31.4 Å². The lowest BCUT2D eigenvalue weighted by Gasteiger charge is -2.26. The van der Waals surface area contributed by atoms with Crippen molar-refractivity contribution in [1.29, 1.82) is 0 Å². The van der Waals surface area contributed by atoms with Gasteiger partial charge in [0.15, 0.2) is 0 Å². The second-order valence-corrected chi connectivity index (χ2v) is 5.57. The summed E-state index contributed by atoms with van der Waals surface area (Å²) < 4.78 is 12.8. The molecule has 0 saturated heterocycles. The average Bonchev–Trinajstić information content (AvgIpc) is 2.48. The monoisotopic (exact) mass is 279 g/mol. The van der Waals surface area contributed by atoms with Crippen LogP contribution >= 0.6 is 0 Å². The third-order valence-electron chi connectivity index (χ3n) is 3.98. The molecule has 110 valence electrons. The van der Waals surface area contributed by atoms with E-state index in [0.717, 1.165) is 18.4 Å². The summed E-state index contributed by atoms with van der Waals surface area (Å²) in [6.07, 6.45) is 5.46. The van der Waals surface area contributed by atoms with Crippen molar-refractivity contribution in [2.45, 2.75) is 44.6 Å². The number of carbonyl (C=O) groups excluding carboxylic acids is 1. The van der Waals surface area contributed by atoms with Gasteiger partial charge in [0.25, 0.3) is 0 Å². The van der Waals surface area contributed by atoms with Crippen LogP contribution in [0.25, 0.3) is 0 Å². The molecule has 1 aromatic carbocycles. The Labute approximate surface area is 119 Å². The summed E-state index contributed by atoms with van der Waals surface area (Å²) in [5.74, 6) is -0.122. The number of amides is 1. The Morgan fingerprint density at radius 3 is 2.55 bits per heavy atom. The molecule has 4 heteroatoms. The van der Waals surface area contributed by atoms with Gasteiger partial charge in [-0.3, -0.25) is 4.79 Å². The highest BCUT2D eigenvalue weighted by molar-refractivity contribution is 5.78. The fraction of sp³-hybridized carbons (Fsp3) is 0.562. The van der Waals surface area contributed by atoms with Crippen molar-refractivity contribution in [3.8, 4) is 0 Å². The molecule has 20 heavy (non-hydrogen) atoms. The summed E-state index contributed by atoms with van der Waals surface area (Å²) in [7, 11) is 0. The van der Waals surface area contributed by atoms with Crippen LogP contribution in [0.3, 0.4) is 0 Å². The van der Waals surface area contributed by atoms with E-state index in [4.69, 9.17) is 0 Å². The minimum atomic E-state index is -0.451. The maximum absolute atomic E-state index is 12.8. The molecule has 0 aliphatic heterocycles. The third kappa shape index (κ3) is 4.60. The highest BCUT2D eigenvalue weighted by Crippen LogP contribution is 2.26. The Morgan fingerprint density at radius 1 is 1.25 bits per heavy atom. The van der Waals surface area contributed by atoms with Gasteiger partial charge >= 0.3 is 0 Å². The molecule has 2 rings (SSSR count). The van der Waals surface area contributed by atoms with Gasteiger partial charge in [0.05, 0.1) is 12.5 Å². The molecule has 0 heterocycles. The van der Waals surface area contributed by atoms with E-state index in [9.17, 15) is 14.3 Å². The first-order valence-electron chi connectivity index (χ1n) is 7.34. The normalized spacial score (nSPS) is 17.7. The Bertz CT molecular complexity index is 427. The van der Waals surface area contributed by atoms with E-state index in [1.54, 1.807) is 12.1 Å². The molecule has 3 nitrogen and oxygen atoms in total. The van der Waals surface area contributed by atoms with E-state index in [1.165, 1.54) is 31.4 Å². The summed E-state index contributed by atoms with van der Waals surface area (Å²) in [5, 5.41) is 12.8. The average molecular weight is 279 g/mol. The van der Waals surface area contributed by atoms with E-state index in [2.05, 4.69) is 5.32 Å². The maximum atomic E-state index is 12.8. The van der Waals surface area contributed by atoms with Gasteiger partial charge in [-0.15, -0.1) is 0 Å². The molecule has 0 bridgehead atoms. The second-order valence-electron chi connectivity index (χ2n) is 5.57. The largest absolute Gasteiger partial charge is 0.391 e. The van der Waals surface area contributed by atoms with Crippen LogP contribution in [0.5, 0.6) is 0 Å². The number of rotatable bonds is 5. The maximum Gasteiger partial charge on any atom is 0.224 e. The van der Waals surface area contributed by atoms with E-state index in [0.29, 0.717) is 12.5 Å². The first-order chi connectivity index (χ1) is 9.65. The summed E-state index contributed by atoms with van der Waals surface area (Å²) in [6.45, 7) is 0.310. The van der Waals surface area contributed by atoms with Crippen molar-refractivity contribution in [3.63, 3.8) is 0 Å². The first-order valence-corrected chi connectivity index (χ1v) is 7.34. The Morgan fingerprint density at radius 2 is 1.90 bits per heavy atom. The third-order valence-corrected chi connectivity index (χ3v) is 3.98. The van der Waals surface area contributed by atoms with Crippen molar-refractivity contribution in [3.05, 3.63) is 35.6 Å². The zero-order valence-corrected chi connectivity index (χ0v) is 11.6. The lowest BCUT2D eigenvalue weighted by molar-refractivity contribution is -0.121. The van der Waals surface area contributed by atoms with Crippen LogP contribution < -0.4 is 5.32 Å². The van der Waals surface area contributed by atoms with E-state index in [-0.39, 0.29) is 18.1 Å². The number of hydrogen-bond acceptors (Lipinski definition) is 2. The summed E-state index contributed by atoms with van der Waals surface area (Å²) in [6, 6.07) is 5.90. The molecule has 1 aliphatic rings. The van der Waals surface area contributed by atoms with Crippen molar-refractivity contribution < 1.29 is 14.3 Å². The number of aliphatic hydroxyl groups is 1. The smallest absolute Gasteiger partial charge is 0.224 e. The molecule has 1 amide bonds. The predicted octanol–water partition coefficient (Wildman–Crippen LogP) is 2.43. The van der Waals surface area contributed by atoms with Crippen molar-refractivity contribution >= 4 is 5.91 Å². The van der Waals surface area contributed by atoms with Crippen molar-refractivity contribution in [2.24, 2.45) is 5.92 Å². The number of nitrogens with one attached hydrogen (secondary N) is 1. The highest BCUT2D eigenvalue weighted by Gasteiger charge is 2.21. The summed E-state index contributed by atoms with van der Waals surface area (Å²) in [5.41, 5.74) is 0.774. The molecular weight excluding hydrogens is 257 g/mol. The van der Waals surface area contributed by atoms with Crippen LogP contribution in [0, 0.1) is 11.7 Å².